The lowest BCUT2D eigenvalue weighted by atomic mass is 9.95. The van der Waals surface area contributed by atoms with Crippen LogP contribution in [0.2, 0.25) is 18.1 Å². The zero-order valence-corrected chi connectivity index (χ0v) is 17.9. The minimum Gasteiger partial charge on any atom is -0.414 e. The molecule has 2 rings (SSSR count). The molecule has 0 aliphatic heterocycles. The van der Waals surface area contributed by atoms with Crippen LogP contribution in [0, 0.1) is 17.8 Å². The molecule has 1 saturated carbocycles. The van der Waals surface area contributed by atoms with E-state index in [1.165, 1.54) is 12.8 Å². The third-order valence-electron chi connectivity index (χ3n) is 5.99. The summed E-state index contributed by atoms with van der Waals surface area (Å²) in [6.45, 7) is 16.1. The fourth-order valence-corrected chi connectivity index (χ4v) is 4.36. The average Bonchev–Trinajstić information content (AvgIpc) is 3.14. The Bertz CT molecular complexity index is 416. The molecule has 3 atom stereocenters. The van der Waals surface area contributed by atoms with Crippen LogP contribution in [0.5, 0.6) is 0 Å². The molecule has 0 unspecified atom stereocenters. The van der Waals surface area contributed by atoms with Crippen LogP contribution in [0.1, 0.15) is 33.6 Å². The zero-order chi connectivity index (χ0) is 18.3. The molecule has 0 heterocycles. The summed E-state index contributed by atoms with van der Waals surface area (Å²) in [6, 6.07) is 0. The quantitative estimate of drug-likeness (QED) is 0.292. The highest BCUT2D eigenvalue weighted by atomic mass is 28.4. The second-order valence-corrected chi connectivity index (χ2v) is 13.8. The first-order valence-corrected chi connectivity index (χ1v) is 12.8. The summed E-state index contributed by atoms with van der Waals surface area (Å²) in [5.41, 5.74) is 0. The van der Waals surface area contributed by atoms with E-state index in [1.54, 1.807) is 0 Å². The van der Waals surface area contributed by atoms with E-state index in [1.807, 2.05) is 0 Å². The number of hydrogen-bond acceptors (Lipinski definition) is 4. The van der Waals surface area contributed by atoms with Crippen molar-refractivity contribution in [1.82, 2.24) is 0 Å². The third-order valence-corrected chi connectivity index (χ3v) is 10.5. The van der Waals surface area contributed by atoms with Crippen molar-refractivity contribution < 1.29 is 18.6 Å². The van der Waals surface area contributed by atoms with Crippen LogP contribution in [0.4, 0.5) is 0 Å². The fraction of sp³-hybridized carbons (Fsp3) is 0.900. The van der Waals surface area contributed by atoms with E-state index < -0.39 is 8.32 Å². The van der Waals surface area contributed by atoms with Crippen molar-refractivity contribution in [3.05, 3.63) is 12.2 Å². The zero-order valence-electron chi connectivity index (χ0n) is 16.9. The molecule has 0 amide bonds. The van der Waals surface area contributed by atoms with E-state index in [0.717, 1.165) is 24.4 Å². The van der Waals surface area contributed by atoms with Gasteiger partial charge in [0.1, 0.15) is 0 Å². The Hall–Kier alpha value is -0.203. The van der Waals surface area contributed by atoms with Crippen molar-refractivity contribution in [2.75, 3.05) is 46.2 Å². The summed E-state index contributed by atoms with van der Waals surface area (Å²) in [7, 11) is -1.64. The average molecular weight is 371 g/mol. The van der Waals surface area contributed by atoms with Gasteiger partial charge in [0, 0.05) is 0 Å². The van der Waals surface area contributed by atoms with Gasteiger partial charge in [-0.3, -0.25) is 0 Å². The van der Waals surface area contributed by atoms with Crippen molar-refractivity contribution in [1.29, 1.82) is 0 Å². The Morgan fingerprint density at radius 1 is 0.840 bits per heavy atom. The van der Waals surface area contributed by atoms with Gasteiger partial charge < -0.3 is 18.6 Å². The predicted octanol–water partition coefficient (Wildman–Crippen LogP) is 4.27. The SMILES string of the molecule is CC(C)(C)[Si](C)(C)OCCOCCOCCOC[C@H]1C[C@@H]2C=C[C@@H]1C2. The number of ether oxygens (including phenoxy) is 3. The van der Waals surface area contributed by atoms with E-state index in [4.69, 9.17) is 18.6 Å². The summed E-state index contributed by atoms with van der Waals surface area (Å²) in [6.07, 6.45) is 7.42. The standard InChI is InChI=1S/C20H38O4Si/c1-20(2,3)25(4,5)24-13-12-22-9-8-21-10-11-23-16-19-15-17-6-7-18(19)14-17/h6-7,17-19H,8-16H2,1-5H3/t17-,18-,19-/m1/s1. The Morgan fingerprint density at radius 3 is 1.96 bits per heavy atom. The molecule has 2 aliphatic rings. The van der Waals surface area contributed by atoms with Gasteiger partial charge in [-0.25, -0.2) is 0 Å². The number of rotatable bonds is 12. The first kappa shape index (κ1) is 21.1. The van der Waals surface area contributed by atoms with Crippen LogP contribution in [0.15, 0.2) is 12.2 Å². The maximum Gasteiger partial charge on any atom is 0.192 e. The summed E-state index contributed by atoms with van der Waals surface area (Å²) in [4.78, 5) is 0. The van der Waals surface area contributed by atoms with Gasteiger partial charge in [0.25, 0.3) is 0 Å². The normalized spacial score (nSPS) is 25.9. The maximum absolute atomic E-state index is 6.07. The minimum absolute atomic E-state index is 0.254. The molecule has 1 fully saturated rings. The van der Waals surface area contributed by atoms with Crippen LogP contribution < -0.4 is 0 Å². The number of allylic oxidation sites excluding steroid dienone is 2. The van der Waals surface area contributed by atoms with Gasteiger partial charge in [0.15, 0.2) is 8.32 Å². The predicted molar refractivity (Wildman–Crippen MR) is 104 cm³/mol. The molecule has 25 heavy (non-hydrogen) atoms. The summed E-state index contributed by atoms with van der Waals surface area (Å²) in [5, 5.41) is 0.254. The molecule has 2 bridgehead atoms. The fourth-order valence-electron chi connectivity index (χ4n) is 3.33. The van der Waals surface area contributed by atoms with Crippen molar-refractivity contribution in [2.45, 2.75) is 51.7 Å². The summed E-state index contributed by atoms with van der Waals surface area (Å²) in [5.74, 6) is 2.33. The smallest absolute Gasteiger partial charge is 0.192 e. The summed E-state index contributed by atoms with van der Waals surface area (Å²) >= 11 is 0. The van der Waals surface area contributed by atoms with Crippen molar-refractivity contribution in [3.63, 3.8) is 0 Å². The van der Waals surface area contributed by atoms with Crippen molar-refractivity contribution in [3.8, 4) is 0 Å². The van der Waals surface area contributed by atoms with E-state index in [0.29, 0.717) is 39.6 Å². The van der Waals surface area contributed by atoms with Crippen LogP contribution in [0.25, 0.3) is 0 Å². The van der Waals surface area contributed by atoms with Crippen LogP contribution in [0.3, 0.4) is 0 Å². The first-order chi connectivity index (χ1) is 11.8. The first-order valence-electron chi connectivity index (χ1n) is 9.85. The molecule has 4 nitrogen and oxygen atoms in total. The van der Waals surface area contributed by atoms with Crippen molar-refractivity contribution >= 4 is 8.32 Å². The van der Waals surface area contributed by atoms with Gasteiger partial charge in [-0.1, -0.05) is 32.9 Å². The maximum atomic E-state index is 6.07. The van der Waals surface area contributed by atoms with Gasteiger partial charge >= 0.3 is 0 Å². The number of hydrogen-bond donors (Lipinski definition) is 0. The van der Waals surface area contributed by atoms with Crippen LogP contribution in [-0.2, 0) is 18.6 Å². The van der Waals surface area contributed by atoms with Gasteiger partial charge in [0.05, 0.1) is 46.2 Å². The highest BCUT2D eigenvalue weighted by Crippen LogP contribution is 2.43. The van der Waals surface area contributed by atoms with Crippen LogP contribution in [-0.4, -0.2) is 54.6 Å². The highest BCUT2D eigenvalue weighted by molar-refractivity contribution is 6.74. The van der Waals surface area contributed by atoms with E-state index in [9.17, 15) is 0 Å². The van der Waals surface area contributed by atoms with Gasteiger partial charge in [0.2, 0.25) is 0 Å². The minimum atomic E-state index is -1.64. The Kier molecular flexibility index (Phi) is 8.15. The molecule has 0 aromatic heterocycles. The monoisotopic (exact) mass is 370 g/mol. The topological polar surface area (TPSA) is 36.9 Å². The largest absolute Gasteiger partial charge is 0.414 e. The molecule has 0 spiro atoms. The number of fused-ring (bicyclic) bond motifs is 2. The molecule has 2 aliphatic carbocycles. The molecule has 0 aromatic rings. The molecule has 146 valence electrons. The van der Waals surface area contributed by atoms with Crippen molar-refractivity contribution in [2.24, 2.45) is 17.8 Å². The van der Waals surface area contributed by atoms with Crippen LogP contribution >= 0.6 is 0 Å². The van der Waals surface area contributed by atoms with Gasteiger partial charge in [-0.15, -0.1) is 0 Å². The second-order valence-electron chi connectivity index (χ2n) is 8.95. The molecule has 0 saturated heterocycles. The lowest BCUT2D eigenvalue weighted by Crippen LogP contribution is -2.41. The van der Waals surface area contributed by atoms with E-state index in [-0.39, 0.29) is 5.04 Å². The molecular weight excluding hydrogens is 332 g/mol. The molecule has 0 N–H and O–H groups in total. The lowest BCUT2D eigenvalue weighted by molar-refractivity contribution is 0.000905. The van der Waals surface area contributed by atoms with Gasteiger partial charge in [-0.05, 0) is 48.7 Å². The Labute approximate surface area is 155 Å². The second kappa shape index (κ2) is 9.65. The highest BCUT2D eigenvalue weighted by Gasteiger charge is 2.37. The van der Waals surface area contributed by atoms with E-state index in [2.05, 4.69) is 46.0 Å². The Balaban J connectivity index is 1.35. The van der Waals surface area contributed by atoms with E-state index >= 15 is 0 Å². The third kappa shape index (κ3) is 6.79. The van der Waals surface area contributed by atoms with Gasteiger partial charge in [-0.2, -0.15) is 0 Å². The molecule has 0 radical (unpaired) electrons. The Morgan fingerprint density at radius 2 is 1.44 bits per heavy atom. The molecule has 5 heteroatoms. The molecule has 0 aromatic carbocycles. The summed E-state index contributed by atoms with van der Waals surface area (Å²) < 4.78 is 23.0. The molecular formula is C20H38O4Si. The lowest BCUT2D eigenvalue weighted by Gasteiger charge is -2.36.